The summed E-state index contributed by atoms with van der Waals surface area (Å²) in [5.41, 5.74) is 1.09. The van der Waals surface area contributed by atoms with Crippen LogP contribution in [-0.4, -0.2) is 48.0 Å². The predicted molar refractivity (Wildman–Crippen MR) is 102 cm³/mol. The molecule has 1 fully saturated rings. The first-order valence-corrected chi connectivity index (χ1v) is 8.79. The third kappa shape index (κ3) is 4.20. The van der Waals surface area contributed by atoms with Gasteiger partial charge in [0.25, 0.3) is 0 Å². The summed E-state index contributed by atoms with van der Waals surface area (Å²) in [5, 5.41) is 13.1. The van der Waals surface area contributed by atoms with Crippen molar-refractivity contribution < 1.29 is 14.7 Å². The number of nitrogens with one attached hydrogen (secondary N) is 1. The zero-order valence-corrected chi connectivity index (χ0v) is 15.3. The molecule has 0 unspecified atom stereocenters. The summed E-state index contributed by atoms with van der Waals surface area (Å²) in [6.07, 6.45) is 0. The standard InChI is InChI=1S/C18H17Cl2N3O3/c19-12-2-1-3-14(10-12)22-6-8-23(9-7-22)18(26)17(25)21-15-11-13(20)4-5-16(15)24/h1-5,10-11,24H,6-9H2,(H,21,25). The molecule has 2 amide bonds. The number of carbonyl (C=O) groups excluding carboxylic acids is 2. The third-order valence-corrected chi connectivity index (χ3v) is 4.61. The first-order chi connectivity index (χ1) is 12.4. The summed E-state index contributed by atoms with van der Waals surface area (Å²) in [6.45, 7) is 2.03. The molecule has 6 nitrogen and oxygen atoms in total. The molecule has 1 aliphatic rings. The topological polar surface area (TPSA) is 72.9 Å². The van der Waals surface area contributed by atoms with Crippen molar-refractivity contribution in [1.29, 1.82) is 0 Å². The van der Waals surface area contributed by atoms with Gasteiger partial charge < -0.3 is 20.2 Å². The number of carbonyl (C=O) groups is 2. The fourth-order valence-electron chi connectivity index (χ4n) is 2.77. The van der Waals surface area contributed by atoms with E-state index in [1.54, 1.807) is 6.07 Å². The highest BCUT2D eigenvalue weighted by atomic mass is 35.5. The van der Waals surface area contributed by atoms with Crippen LogP contribution in [0.25, 0.3) is 0 Å². The maximum Gasteiger partial charge on any atom is 0.314 e. The molecule has 0 saturated carbocycles. The van der Waals surface area contributed by atoms with Gasteiger partial charge in [-0.3, -0.25) is 9.59 Å². The maximum atomic E-state index is 12.4. The van der Waals surface area contributed by atoms with Crippen molar-refractivity contribution >= 4 is 46.4 Å². The van der Waals surface area contributed by atoms with E-state index in [2.05, 4.69) is 10.2 Å². The van der Waals surface area contributed by atoms with E-state index in [4.69, 9.17) is 23.2 Å². The van der Waals surface area contributed by atoms with Gasteiger partial charge in [0, 0.05) is 41.9 Å². The molecule has 1 heterocycles. The smallest absolute Gasteiger partial charge is 0.314 e. The highest BCUT2D eigenvalue weighted by Crippen LogP contribution is 2.26. The van der Waals surface area contributed by atoms with Gasteiger partial charge >= 0.3 is 11.8 Å². The average Bonchev–Trinajstić information content (AvgIpc) is 2.64. The Labute approximate surface area is 160 Å². The lowest BCUT2D eigenvalue weighted by Gasteiger charge is -2.35. The Morgan fingerprint density at radius 3 is 2.35 bits per heavy atom. The summed E-state index contributed by atoms with van der Waals surface area (Å²) in [4.78, 5) is 28.1. The lowest BCUT2D eigenvalue weighted by molar-refractivity contribution is -0.143. The fraction of sp³-hybridized carbons (Fsp3) is 0.222. The van der Waals surface area contributed by atoms with Crippen molar-refractivity contribution in [3.05, 3.63) is 52.5 Å². The molecule has 2 N–H and O–H groups in total. The lowest BCUT2D eigenvalue weighted by Crippen LogP contribution is -2.51. The minimum absolute atomic E-state index is 0.105. The third-order valence-electron chi connectivity index (χ3n) is 4.14. The molecule has 136 valence electrons. The van der Waals surface area contributed by atoms with E-state index in [9.17, 15) is 14.7 Å². The number of amides is 2. The molecule has 0 radical (unpaired) electrons. The zero-order chi connectivity index (χ0) is 18.7. The summed E-state index contributed by atoms with van der Waals surface area (Å²) in [6, 6.07) is 11.7. The summed E-state index contributed by atoms with van der Waals surface area (Å²) in [5.74, 6) is -1.60. The average molecular weight is 394 g/mol. The van der Waals surface area contributed by atoms with Crippen LogP contribution in [-0.2, 0) is 9.59 Å². The molecular weight excluding hydrogens is 377 g/mol. The van der Waals surface area contributed by atoms with Crippen LogP contribution in [0.15, 0.2) is 42.5 Å². The van der Waals surface area contributed by atoms with Gasteiger partial charge in [0.15, 0.2) is 0 Å². The largest absolute Gasteiger partial charge is 0.506 e. The van der Waals surface area contributed by atoms with Crippen LogP contribution in [0.5, 0.6) is 5.75 Å². The van der Waals surface area contributed by atoms with E-state index in [-0.39, 0.29) is 11.4 Å². The molecule has 3 rings (SSSR count). The van der Waals surface area contributed by atoms with Crippen molar-refractivity contribution in [2.24, 2.45) is 0 Å². The Balaban J connectivity index is 1.59. The van der Waals surface area contributed by atoms with Crippen LogP contribution in [0.4, 0.5) is 11.4 Å². The van der Waals surface area contributed by atoms with Gasteiger partial charge in [-0.05, 0) is 36.4 Å². The van der Waals surface area contributed by atoms with Crippen molar-refractivity contribution in [1.82, 2.24) is 4.90 Å². The summed E-state index contributed by atoms with van der Waals surface area (Å²) in [7, 11) is 0. The molecule has 0 bridgehead atoms. The van der Waals surface area contributed by atoms with E-state index in [1.807, 2.05) is 18.2 Å². The Kier molecular flexibility index (Phi) is 5.54. The van der Waals surface area contributed by atoms with Gasteiger partial charge in [0.1, 0.15) is 5.75 Å². The second kappa shape index (κ2) is 7.85. The number of aromatic hydroxyl groups is 1. The number of hydrogen-bond donors (Lipinski definition) is 2. The fourth-order valence-corrected chi connectivity index (χ4v) is 3.12. The number of hydrogen-bond acceptors (Lipinski definition) is 4. The van der Waals surface area contributed by atoms with Crippen molar-refractivity contribution in [2.45, 2.75) is 0 Å². The second-order valence-corrected chi connectivity index (χ2v) is 6.75. The minimum Gasteiger partial charge on any atom is -0.506 e. The molecule has 0 spiro atoms. The van der Waals surface area contributed by atoms with Gasteiger partial charge in [-0.2, -0.15) is 0 Å². The number of phenols is 1. The van der Waals surface area contributed by atoms with Crippen LogP contribution in [0.3, 0.4) is 0 Å². The highest BCUT2D eigenvalue weighted by Gasteiger charge is 2.26. The molecule has 8 heteroatoms. The monoisotopic (exact) mass is 393 g/mol. The van der Waals surface area contributed by atoms with Crippen LogP contribution >= 0.6 is 23.2 Å². The first kappa shape index (κ1) is 18.4. The molecule has 0 aromatic heterocycles. The first-order valence-electron chi connectivity index (χ1n) is 8.03. The van der Waals surface area contributed by atoms with E-state index < -0.39 is 11.8 Å². The van der Waals surface area contributed by atoms with E-state index in [0.29, 0.717) is 36.2 Å². The zero-order valence-electron chi connectivity index (χ0n) is 13.8. The molecule has 2 aromatic rings. The number of nitrogens with zero attached hydrogens (tertiary/aromatic N) is 2. The van der Waals surface area contributed by atoms with Gasteiger partial charge in [-0.1, -0.05) is 29.3 Å². The van der Waals surface area contributed by atoms with Crippen LogP contribution < -0.4 is 10.2 Å². The summed E-state index contributed by atoms with van der Waals surface area (Å²) < 4.78 is 0. The van der Waals surface area contributed by atoms with Crippen LogP contribution in [0.1, 0.15) is 0 Å². The Morgan fingerprint density at radius 1 is 0.962 bits per heavy atom. The van der Waals surface area contributed by atoms with Crippen molar-refractivity contribution in [3.63, 3.8) is 0 Å². The lowest BCUT2D eigenvalue weighted by atomic mass is 10.2. The maximum absolute atomic E-state index is 12.4. The van der Waals surface area contributed by atoms with Crippen molar-refractivity contribution in [3.8, 4) is 5.75 Å². The summed E-state index contributed by atoms with van der Waals surface area (Å²) >= 11 is 11.9. The molecule has 2 aromatic carbocycles. The van der Waals surface area contributed by atoms with Gasteiger partial charge in [-0.25, -0.2) is 0 Å². The molecule has 0 atom stereocenters. The van der Waals surface area contributed by atoms with Gasteiger partial charge in [0.05, 0.1) is 5.69 Å². The number of benzene rings is 2. The molecule has 1 aliphatic heterocycles. The molecule has 26 heavy (non-hydrogen) atoms. The molecule has 0 aliphatic carbocycles. The Morgan fingerprint density at radius 2 is 1.65 bits per heavy atom. The van der Waals surface area contributed by atoms with Crippen LogP contribution in [0, 0.1) is 0 Å². The van der Waals surface area contributed by atoms with Crippen molar-refractivity contribution in [2.75, 3.05) is 36.4 Å². The SMILES string of the molecule is O=C(Nc1cc(Cl)ccc1O)C(=O)N1CCN(c2cccc(Cl)c2)CC1. The second-order valence-electron chi connectivity index (χ2n) is 5.87. The number of anilines is 2. The number of rotatable bonds is 2. The normalized spacial score (nSPS) is 14.2. The Bertz CT molecular complexity index is 836. The Hall–Kier alpha value is -2.44. The quantitative estimate of drug-likeness (QED) is 0.607. The number of phenolic OH excluding ortho intramolecular Hbond substituents is 1. The van der Waals surface area contributed by atoms with Gasteiger partial charge in [0.2, 0.25) is 0 Å². The highest BCUT2D eigenvalue weighted by molar-refractivity contribution is 6.40. The molecule has 1 saturated heterocycles. The van der Waals surface area contributed by atoms with E-state index in [0.717, 1.165) is 5.69 Å². The number of halogens is 2. The number of piperazine rings is 1. The predicted octanol–water partition coefficient (Wildman–Crippen LogP) is 2.99. The molecular formula is C18H17Cl2N3O3. The van der Waals surface area contributed by atoms with E-state index in [1.165, 1.54) is 23.1 Å². The van der Waals surface area contributed by atoms with Crippen LogP contribution in [0.2, 0.25) is 10.0 Å². The van der Waals surface area contributed by atoms with E-state index >= 15 is 0 Å². The minimum atomic E-state index is -0.807. The van der Waals surface area contributed by atoms with Gasteiger partial charge in [-0.15, -0.1) is 0 Å².